The zero-order valence-corrected chi connectivity index (χ0v) is 13.0. The molecule has 0 unspecified atom stereocenters. The van der Waals surface area contributed by atoms with E-state index in [1.807, 2.05) is 0 Å². The highest BCUT2D eigenvalue weighted by Crippen LogP contribution is 2.33. The molecular formula is C14H16F3N3O2S. The highest BCUT2D eigenvalue weighted by atomic mass is 32.2. The topological polar surface area (TPSA) is 61.8 Å². The number of rotatable bonds is 1. The molecule has 0 aromatic heterocycles. The highest BCUT2D eigenvalue weighted by molar-refractivity contribution is 7.88. The Kier molecular flexibility index (Phi) is 4.09. The van der Waals surface area contributed by atoms with Crippen LogP contribution in [0.5, 0.6) is 0 Å². The Balaban J connectivity index is 2.03. The van der Waals surface area contributed by atoms with E-state index in [0.717, 1.165) is 31.4 Å². The van der Waals surface area contributed by atoms with Gasteiger partial charge in [-0.05, 0) is 30.5 Å². The normalized spacial score (nSPS) is 24.6. The van der Waals surface area contributed by atoms with Crippen molar-refractivity contribution < 1.29 is 21.6 Å². The number of fused-ring (bicyclic) bond motifs is 1. The van der Waals surface area contributed by atoms with Crippen molar-refractivity contribution in [2.75, 3.05) is 6.54 Å². The van der Waals surface area contributed by atoms with E-state index in [1.165, 1.54) is 12.1 Å². The second-order valence-electron chi connectivity index (χ2n) is 5.63. The third kappa shape index (κ3) is 3.50. The molecule has 9 heteroatoms. The second-order valence-corrected chi connectivity index (χ2v) is 7.00. The summed E-state index contributed by atoms with van der Waals surface area (Å²) in [5.41, 5.74) is -0.536. The Bertz CT molecular complexity index is 731. The Morgan fingerprint density at radius 1 is 1.22 bits per heavy atom. The Morgan fingerprint density at radius 2 is 2.00 bits per heavy atom. The van der Waals surface area contributed by atoms with Crippen LogP contribution < -0.4 is 4.72 Å². The minimum absolute atomic E-state index is 0.262. The lowest BCUT2D eigenvalue weighted by atomic mass is 10.1. The Hall–Kier alpha value is -1.61. The molecule has 1 aromatic rings. The van der Waals surface area contributed by atoms with Crippen molar-refractivity contribution in [1.82, 2.24) is 9.62 Å². The van der Waals surface area contributed by atoms with E-state index >= 15 is 0 Å². The van der Waals surface area contributed by atoms with Crippen LogP contribution >= 0.6 is 0 Å². The van der Waals surface area contributed by atoms with Crippen LogP contribution in [0.4, 0.5) is 13.2 Å². The van der Waals surface area contributed by atoms with Gasteiger partial charge in [-0.25, -0.2) is 0 Å². The maximum absolute atomic E-state index is 12.9. The summed E-state index contributed by atoms with van der Waals surface area (Å²) in [6.07, 6.45) is -2.22. The van der Waals surface area contributed by atoms with Gasteiger partial charge >= 0.3 is 16.4 Å². The summed E-state index contributed by atoms with van der Waals surface area (Å²) >= 11 is 0. The van der Waals surface area contributed by atoms with Crippen LogP contribution in [-0.4, -0.2) is 25.7 Å². The van der Waals surface area contributed by atoms with E-state index in [0.29, 0.717) is 18.8 Å². The molecule has 0 bridgehead atoms. The number of hydrogen-bond donors (Lipinski definition) is 1. The monoisotopic (exact) mass is 347 g/mol. The van der Waals surface area contributed by atoms with E-state index in [1.54, 1.807) is 4.90 Å². The fraction of sp³-hybridized carbons (Fsp3) is 0.500. The molecular weight excluding hydrogens is 331 g/mol. The first-order valence-corrected chi connectivity index (χ1v) is 8.75. The van der Waals surface area contributed by atoms with Gasteiger partial charge in [-0.1, -0.05) is 18.6 Å². The fourth-order valence-corrected chi connectivity index (χ4v) is 3.97. The summed E-state index contributed by atoms with van der Waals surface area (Å²) in [4.78, 5) is 1.75. The van der Waals surface area contributed by atoms with Crippen molar-refractivity contribution in [3.8, 4) is 0 Å². The average molecular weight is 347 g/mol. The first-order chi connectivity index (χ1) is 10.8. The molecule has 2 aliphatic heterocycles. The molecule has 0 aliphatic carbocycles. The molecule has 1 N–H and O–H groups in total. The summed E-state index contributed by atoms with van der Waals surface area (Å²) < 4.78 is 68.7. The van der Waals surface area contributed by atoms with E-state index in [4.69, 9.17) is 0 Å². The third-order valence-corrected chi connectivity index (χ3v) is 4.93. The van der Waals surface area contributed by atoms with Gasteiger partial charge in [0.15, 0.2) is 0 Å². The summed E-state index contributed by atoms with van der Waals surface area (Å²) in [6, 6.07) is 4.74. The maximum atomic E-state index is 12.9. The predicted molar refractivity (Wildman–Crippen MR) is 78.8 cm³/mol. The minimum Gasteiger partial charge on any atom is -0.339 e. The standard InChI is InChI=1S/C14H16F3N3O2S/c15-14(16,17)11-6-4-5-10(9-11)13-19-23(21,22)18-12-7-2-1-3-8-20(12)13/h4-6,9,13,19H,1-3,7-8H2/t13-/m1/s1. The van der Waals surface area contributed by atoms with Crippen LogP contribution in [0.2, 0.25) is 0 Å². The zero-order valence-electron chi connectivity index (χ0n) is 12.2. The van der Waals surface area contributed by atoms with Gasteiger partial charge in [0.05, 0.1) is 5.56 Å². The first-order valence-electron chi connectivity index (χ1n) is 7.31. The van der Waals surface area contributed by atoms with E-state index in [-0.39, 0.29) is 5.56 Å². The second kappa shape index (κ2) is 5.79. The molecule has 2 aliphatic rings. The fourth-order valence-electron chi connectivity index (χ4n) is 2.89. The molecule has 0 amide bonds. The number of halogens is 3. The van der Waals surface area contributed by atoms with Crippen LogP contribution in [0, 0.1) is 0 Å². The van der Waals surface area contributed by atoms with E-state index in [2.05, 4.69) is 9.12 Å². The lowest BCUT2D eigenvalue weighted by Crippen LogP contribution is -2.48. The lowest BCUT2D eigenvalue weighted by Gasteiger charge is -2.36. The summed E-state index contributed by atoms with van der Waals surface area (Å²) in [5, 5.41) is 0. The van der Waals surface area contributed by atoms with Gasteiger partial charge in [0.25, 0.3) is 0 Å². The molecule has 0 spiro atoms. The molecule has 2 heterocycles. The Morgan fingerprint density at radius 3 is 2.74 bits per heavy atom. The van der Waals surface area contributed by atoms with E-state index < -0.39 is 28.1 Å². The number of nitrogens with zero attached hydrogens (tertiary/aromatic N) is 2. The molecule has 1 aromatic carbocycles. The SMILES string of the molecule is O=S1(=O)N=C2CCCCCN2[C@H](c2cccc(C(F)(F)F)c2)N1. The molecule has 0 saturated carbocycles. The van der Waals surface area contributed by atoms with Crippen LogP contribution in [0.25, 0.3) is 0 Å². The highest BCUT2D eigenvalue weighted by Gasteiger charge is 2.36. The summed E-state index contributed by atoms with van der Waals surface area (Å²) in [5.74, 6) is 0.420. The number of benzene rings is 1. The molecule has 3 rings (SSSR count). The van der Waals surface area contributed by atoms with E-state index in [9.17, 15) is 21.6 Å². The van der Waals surface area contributed by atoms with Crippen molar-refractivity contribution in [3.05, 3.63) is 35.4 Å². The number of alkyl halides is 3. The first kappa shape index (κ1) is 16.3. The zero-order chi connectivity index (χ0) is 16.7. The van der Waals surface area contributed by atoms with Gasteiger partial charge in [-0.3, -0.25) is 0 Å². The van der Waals surface area contributed by atoms with Gasteiger partial charge in [-0.2, -0.15) is 26.3 Å². The molecule has 1 saturated heterocycles. The smallest absolute Gasteiger partial charge is 0.339 e. The summed E-state index contributed by atoms with van der Waals surface area (Å²) in [6.45, 7) is 0.558. The van der Waals surface area contributed by atoms with Gasteiger partial charge in [0, 0.05) is 13.0 Å². The van der Waals surface area contributed by atoms with Gasteiger partial charge in [0.1, 0.15) is 12.0 Å². The molecule has 1 fully saturated rings. The van der Waals surface area contributed by atoms with Crippen molar-refractivity contribution in [1.29, 1.82) is 0 Å². The van der Waals surface area contributed by atoms with Gasteiger partial charge < -0.3 is 4.90 Å². The quantitative estimate of drug-likeness (QED) is 0.850. The number of amidine groups is 1. The van der Waals surface area contributed by atoms with Crippen molar-refractivity contribution >= 4 is 16.0 Å². The molecule has 23 heavy (non-hydrogen) atoms. The molecule has 0 radical (unpaired) electrons. The third-order valence-electron chi connectivity index (χ3n) is 3.96. The molecule has 5 nitrogen and oxygen atoms in total. The van der Waals surface area contributed by atoms with Crippen molar-refractivity contribution in [2.24, 2.45) is 4.40 Å². The average Bonchev–Trinajstić information content (AvgIpc) is 2.70. The van der Waals surface area contributed by atoms with Crippen LogP contribution in [-0.2, 0) is 16.4 Å². The lowest BCUT2D eigenvalue weighted by molar-refractivity contribution is -0.137. The largest absolute Gasteiger partial charge is 0.416 e. The number of hydrogen-bond acceptors (Lipinski definition) is 3. The molecule has 126 valence electrons. The summed E-state index contributed by atoms with van der Waals surface area (Å²) in [7, 11) is -3.90. The minimum atomic E-state index is -4.47. The van der Waals surface area contributed by atoms with Crippen molar-refractivity contribution in [3.63, 3.8) is 0 Å². The predicted octanol–water partition coefficient (Wildman–Crippen LogP) is 2.83. The van der Waals surface area contributed by atoms with Crippen LogP contribution in [0.3, 0.4) is 0 Å². The van der Waals surface area contributed by atoms with Gasteiger partial charge in [0.2, 0.25) is 0 Å². The maximum Gasteiger partial charge on any atom is 0.416 e. The number of nitrogens with one attached hydrogen (secondary N) is 1. The Labute approximate surface area is 132 Å². The van der Waals surface area contributed by atoms with Crippen molar-refractivity contribution in [2.45, 2.75) is 38.0 Å². The molecule has 1 atom stereocenters. The van der Waals surface area contributed by atoms with Gasteiger partial charge in [-0.15, -0.1) is 4.40 Å². The van der Waals surface area contributed by atoms with Crippen LogP contribution in [0.1, 0.15) is 43.0 Å². The van der Waals surface area contributed by atoms with Crippen LogP contribution in [0.15, 0.2) is 28.7 Å².